The van der Waals surface area contributed by atoms with Crippen molar-refractivity contribution < 1.29 is 9.47 Å². The van der Waals surface area contributed by atoms with E-state index in [-0.39, 0.29) is 30.0 Å². The Morgan fingerprint density at radius 2 is 1.93 bits per heavy atom. The van der Waals surface area contributed by atoms with Crippen LogP contribution in [0.15, 0.2) is 35.3 Å². The normalized spacial score (nSPS) is 22.9. The number of nitrogens with zero attached hydrogens (tertiary/aromatic N) is 2. The first-order valence-corrected chi connectivity index (χ1v) is 10.3. The Morgan fingerprint density at radius 3 is 2.57 bits per heavy atom. The monoisotopic (exact) mass is 502 g/mol. The number of aliphatic imine (C=N–C) groups is 1. The largest absolute Gasteiger partial charge is 0.381 e. The topological polar surface area (TPSA) is 58.1 Å². The van der Waals surface area contributed by atoms with Crippen LogP contribution in [0.25, 0.3) is 0 Å². The van der Waals surface area contributed by atoms with Crippen LogP contribution < -0.4 is 10.6 Å². The molecular weight excluding hydrogens is 467 g/mol. The smallest absolute Gasteiger partial charge is 0.191 e. The molecule has 28 heavy (non-hydrogen) atoms. The van der Waals surface area contributed by atoms with Crippen molar-refractivity contribution in [1.29, 1.82) is 0 Å². The molecule has 1 aromatic rings. The van der Waals surface area contributed by atoms with E-state index in [0.29, 0.717) is 12.0 Å². The highest BCUT2D eigenvalue weighted by molar-refractivity contribution is 14.0. The van der Waals surface area contributed by atoms with Gasteiger partial charge < -0.3 is 20.1 Å². The highest BCUT2D eigenvalue weighted by atomic mass is 127. The molecule has 0 spiro atoms. The van der Waals surface area contributed by atoms with Gasteiger partial charge in [-0.2, -0.15) is 0 Å². The minimum absolute atomic E-state index is 0. The van der Waals surface area contributed by atoms with Crippen LogP contribution in [0.1, 0.15) is 31.9 Å². The molecule has 0 bridgehead atoms. The van der Waals surface area contributed by atoms with Gasteiger partial charge >= 0.3 is 0 Å². The Kier molecular flexibility index (Phi) is 10.5. The van der Waals surface area contributed by atoms with Gasteiger partial charge in [0.15, 0.2) is 5.96 Å². The zero-order valence-corrected chi connectivity index (χ0v) is 19.4. The summed E-state index contributed by atoms with van der Waals surface area (Å²) in [6.45, 7) is 11.2. The first-order valence-electron chi connectivity index (χ1n) is 10.3. The summed E-state index contributed by atoms with van der Waals surface area (Å²) in [6, 6.07) is 11.1. The Bertz CT molecular complexity index is 575. The summed E-state index contributed by atoms with van der Waals surface area (Å²) in [5.41, 5.74) is 1.26. The van der Waals surface area contributed by atoms with Crippen molar-refractivity contribution in [2.24, 2.45) is 10.9 Å². The van der Waals surface area contributed by atoms with Crippen molar-refractivity contribution >= 4 is 29.9 Å². The predicted molar refractivity (Wildman–Crippen MR) is 124 cm³/mol. The molecule has 2 heterocycles. The average molecular weight is 502 g/mol. The number of hydrogen-bond acceptors (Lipinski definition) is 4. The first-order chi connectivity index (χ1) is 13.3. The summed E-state index contributed by atoms with van der Waals surface area (Å²) in [5, 5.41) is 6.94. The van der Waals surface area contributed by atoms with Crippen LogP contribution in [0.2, 0.25) is 0 Å². The lowest BCUT2D eigenvalue weighted by Gasteiger charge is -2.36. The van der Waals surface area contributed by atoms with Crippen molar-refractivity contribution in [2.45, 2.75) is 32.4 Å². The number of morpholine rings is 1. The summed E-state index contributed by atoms with van der Waals surface area (Å²) < 4.78 is 11.2. The van der Waals surface area contributed by atoms with E-state index in [9.17, 15) is 0 Å². The van der Waals surface area contributed by atoms with Crippen LogP contribution in [-0.4, -0.2) is 69.5 Å². The highest BCUT2D eigenvalue weighted by Gasteiger charge is 2.31. The van der Waals surface area contributed by atoms with Crippen LogP contribution >= 0.6 is 24.0 Å². The lowest BCUT2D eigenvalue weighted by atomic mass is 9.97. The van der Waals surface area contributed by atoms with Crippen LogP contribution in [0.5, 0.6) is 0 Å². The average Bonchev–Trinajstić information content (AvgIpc) is 3.24. The molecule has 0 amide bonds. The molecule has 2 aliphatic rings. The van der Waals surface area contributed by atoms with E-state index in [2.05, 4.69) is 53.6 Å². The molecule has 3 unspecified atom stereocenters. The maximum absolute atomic E-state index is 5.67. The van der Waals surface area contributed by atoms with Crippen LogP contribution in [-0.2, 0) is 9.47 Å². The SMILES string of the molecule is CCNC(=NCC(C1CCOC1)N1CCOCC1)NC(C)c1ccccc1.I. The number of ether oxygens (including phenoxy) is 2. The Balaban J connectivity index is 0.00000280. The van der Waals surface area contributed by atoms with Gasteiger partial charge in [-0.25, -0.2) is 0 Å². The molecule has 0 radical (unpaired) electrons. The summed E-state index contributed by atoms with van der Waals surface area (Å²) in [5.74, 6) is 1.44. The molecular formula is C21H35IN4O2. The number of hydrogen-bond donors (Lipinski definition) is 2. The standard InChI is InChI=1S/C21H34N4O2.HI/c1-3-22-21(24-17(2)18-7-5-4-6-8-18)23-15-20(19-9-12-27-16-19)25-10-13-26-14-11-25;/h4-8,17,19-20H,3,9-16H2,1-2H3,(H2,22,23,24);1H. The second-order valence-corrected chi connectivity index (χ2v) is 7.34. The minimum Gasteiger partial charge on any atom is -0.381 e. The molecule has 2 aliphatic heterocycles. The summed E-state index contributed by atoms with van der Waals surface area (Å²) in [4.78, 5) is 7.49. The molecule has 1 aromatic carbocycles. The highest BCUT2D eigenvalue weighted by Crippen LogP contribution is 2.22. The number of benzene rings is 1. The third kappa shape index (κ3) is 6.86. The molecule has 0 aromatic heterocycles. The van der Waals surface area contributed by atoms with Gasteiger partial charge in [-0.15, -0.1) is 24.0 Å². The van der Waals surface area contributed by atoms with E-state index in [1.54, 1.807) is 0 Å². The lowest BCUT2D eigenvalue weighted by Crippen LogP contribution is -2.49. The molecule has 2 fully saturated rings. The van der Waals surface area contributed by atoms with Crippen molar-refractivity contribution in [3.63, 3.8) is 0 Å². The maximum atomic E-state index is 5.67. The van der Waals surface area contributed by atoms with Crippen molar-refractivity contribution in [2.75, 3.05) is 52.6 Å². The second kappa shape index (κ2) is 12.6. The lowest BCUT2D eigenvalue weighted by molar-refractivity contribution is 0.00368. The van der Waals surface area contributed by atoms with Gasteiger partial charge in [0.2, 0.25) is 0 Å². The van der Waals surface area contributed by atoms with E-state index < -0.39 is 0 Å². The predicted octanol–water partition coefficient (Wildman–Crippen LogP) is 2.66. The van der Waals surface area contributed by atoms with Gasteiger partial charge in [0, 0.05) is 38.2 Å². The summed E-state index contributed by atoms with van der Waals surface area (Å²) in [6.07, 6.45) is 1.13. The third-order valence-electron chi connectivity index (χ3n) is 5.46. The van der Waals surface area contributed by atoms with Gasteiger partial charge in [-0.05, 0) is 25.8 Å². The van der Waals surface area contributed by atoms with Crippen molar-refractivity contribution in [3.05, 3.63) is 35.9 Å². The van der Waals surface area contributed by atoms with E-state index in [1.165, 1.54) is 5.56 Å². The fourth-order valence-electron chi connectivity index (χ4n) is 3.86. The first kappa shape index (κ1) is 23.4. The van der Waals surface area contributed by atoms with E-state index in [4.69, 9.17) is 14.5 Å². The minimum atomic E-state index is 0. The molecule has 0 saturated carbocycles. The van der Waals surface area contributed by atoms with E-state index in [1.807, 2.05) is 6.07 Å². The number of nitrogens with one attached hydrogen (secondary N) is 2. The molecule has 3 atom stereocenters. The fraction of sp³-hybridized carbons (Fsp3) is 0.667. The molecule has 3 rings (SSSR count). The number of guanidine groups is 1. The van der Waals surface area contributed by atoms with Gasteiger partial charge in [0.25, 0.3) is 0 Å². The van der Waals surface area contributed by atoms with Gasteiger partial charge in [0.05, 0.1) is 32.4 Å². The van der Waals surface area contributed by atoms with Gasteiger partial charge in [0.1, 0.15) is 0 Å². The zero-order chi connectivity index (χ0) is 18.9. The van der Waals surface area contributed by atoms with Crippen LogP contribution in [0, 0.1) is 5.92 Å². The fourth-order valence-corrected chi connectivity index (χ4v) is 3.86. The Hall–Kier alpha value is -0.900. The molecule has 7 heteroatoms. The Labute approximate surface area is 186 Å². The van der Waals surface area contributed by atoms with Crippen molar-refractivity contribution in [1.82, 2.24) is 15.5 Å². The van der Waals surface area contributed by atoms with E-state index >= 15 is 0 Å². The summed E-state index contributed by atoms with van der Waals surface area (Å²) in [7, 11) is 0. The van der Waals surface area contributed by atoms with Crippen LogP contribution in [0.3, 0.4) is 0 Å². The molecule has 6 nitrogen and oxygen atoms in total. The Morgan fingerprint density at radius 1 is 1.18 bits per heavy atom. The maximum Gasteiger partial charge on any atom is 0.191 e. The third-order valence-corrected chi connectivity index (χ3v) is 5.46. The van der Waals surface area contributed by atoms with Gasteiger partial charge in [-0.1, -0.05) is 30.3 Å². The number of halogens is 1. The molecule has 2 N–H and O–H groups in total. The van der Waals surface area contributed by atoms with Crippen molar-refractivity contribution in [3.8, 4) is 0 Å². The van der Waals surface area contributed by atoms with E-state index in [0.717, 1.165) is 65.0 Å². The number of rotatable bonds is 7. The van der Waals surface area contributed by atoms with Gasteiger partial charge in [-0.3, -0.25) is 9.89 Å². The molecule has 0 aliphatic carbocycles. The quantitative estimate of drug-likeness (QED) is 0.341. The molecule has 158 valence electrons. The zero-order valence-electron chi connectivity index (χ0n) is 17.1. The second-order valence-electron chi connectivity index (χ2n) is 7.34. The van der Waals surface area contributed by atoms with Crippen LogP contribution in [0.4, 0.5) is 0 Å². The molecule has 2 saturated heterocycles. The summed E-state index contributed by atoms with van der Waals surface area (Å²) >= 11 is 0.